The number of rotatable bonds is 3. The van der Waals surface area contributed by atoms with Crippen molar-refractivity contribution in [3.8, 4) is 5.75 Å². The van der Waals surface area contributed by atoms with Crippen LogP contribution in [0.1, 0.15) is 20.8 Å². The largest absolute Gasteiger partial charge is 0.484 e. The van der Waals surface area contributed by atoms with Crippen LogP contribution in [-0.2, 0) is 4.79 Å². The molecule has 0 amide bonds. The molecule has 5 heteroatoms. The van der Waals surface area contributed by atoms with E-state index in [0.29, 0.717) is 0 Å². The molecule has 0 atom stereocenters. The minimum atomic E-state index is -0.347. The Kier molecular flexibility index (Phi) is 5.96. The molecular formula is C12H13I3O2. The molecule has 17 heavy (non-hydrogen) atoms. The molecular weight excluding hydrogens is 557 g/mol. The Morgan fingerprint density at radius 1 is 1.18 bits per heavy atom. The van der Waals surface area contributed by atoms with Gasteiger partial charge in [-0.25, -0.2) is 0 Å². The van der Waals surface area contributed by atoms with Crippen LogP contribution < -0.4 is 4.74 Å². The van der Waals surface area contributed by atoms with E-state index in [4.69, 9.17) is 4.74 Å². The van der Waals surface area contributed by atoms with E-state index in [9.17, 15) is 4.79 Å². The normalized spacial score (nSPS) is 11.4. The first kappa shape index (κ1) is 15.9. The summed E-state index contributed by atoms with van der Waals surface area (Å²) >= 11 is 6.74. The maximum atomic E-state index is 11.8. The van der Waals surface area contributed by atoms with E-state index in [1.165, 1.54) is 3.57 Å². The van der Waals surface area contributed by atoms with Crippen molar-refractivity contribution in [3.63, 3.8) is 0 Å². The second-order valence-corrected chi connectivity index (χ2v) is 8.23. The highest BCUT2D eigenvalue weighted by atomic mass is 127. The lowest BCUT2D eigenvalue weighted by Gasteiger charge is -2.17. The van der Waals surface area contributed by atoms with Gasteiger partial charge in [0.05, 0.1) is 7.14 Å². The Morgan fingerprint density at radius 3 is 2.06 bits per heavy atom. The molecule has 1 aromatic carbocycles. The first-order valence-electron chi connectivity index (χ1n) is 5.02. The molecule has 0 aliphatic heterocycles. The first-order chi connectivity index (χ1) is 7.71. The van der Waals surface area contributed by atoms with Crippen LogP contribution in [0.3, 0.4) is 0 Å². The number of Topliss-reactive ketones (excluding diaryl/α,β-unsaturated/α-hetero) is 1. The van der Waals surface area contributed by atoms with Gasteiger partial charge in [-0.3, -0.25) is 4.79 Å². The monoisotopic (exact) mass is 570 g/mol. The lowest BCUT2D eigenvalue weighted by atomic mass is 9.91. The van der Waals surface area contributed by atoms with Gasteiger partial charge in [-0.2, -0.15) is 0 Å². The molecule has 0 N–H and O–H groups in total. The molecule has 0 saturated heterocycles. The quantitative estimate of drug-likeness (QED) is 0.502. The second-order valence-electron chi connectivity index (χ2n) is 4.66. The summed E-state index contributed by atoms with van der Waals surface area (Å²) in [5.41, 5.74) is -0.347. The Hall–Kier alpha value is 0.880. The predicted octanol–water partition coefficient (Wildman–Crippen LogP) is 4.49. The molecule has 0 fully saturated rings. The van der Waals surface area contributed by atoms with E-state index in [2.05, 4.69) is 67.8 Å². The number of carbonyl (C=O) groups is 1. The summed E-state index contributed by atoms with van der Waals surface area (Å²) in [5, 5.41) is 0. The number of ether oxygens (including phenoxy) is 1. The van der Waals surface area contributed by atoms with Crippen molar-refractivity contribution in [1.29, 1.82) is 0 Å². The highest BCUT2D eigenvalue weighted by molar-refractivity contribution is 14.1. The van der Waals surface area contributed by atoms with Gasteiger partial charge in [0, 0.05) is 8.99 Å². The molecule has 94 valence electrons. The van der Waals surface area contributed by atoms with Gasteiger partial charge in [-0.05, 0) is 79.9 Å². The van der Waals surface area contributed by atoms with Crippen molar-refractivity contribution in [2.24, 2.45) is 5.41 Å². The SMILES string of the molecule is CC(C)(C)C(=O)COc1c(I)cc(I)cc1I. The predicted molar refractivity (Wildman–Crippen MR) is 94.6 cm³/mol. The van der Waals surface area contributed by atoms with Gasteiger partial charge in [-0.15, -0.1) is 0 Å². The maximum absolute atomic E-state index is 11.8. The van der Waals surface area contributed by atoms with Crippen molar-refractivity contribution in [2.75, 3.05) is 6.61 Å². The van der Waals surface area contributed by atoms with Gasteiger partial charge < -0.3 is 4.74 Å². The van der Waals surface area contributed by atoms with Crippen LogP contribution in [0.25, 0.3) is 0 Å². The lowest BCUT2D eigenvalue weighted by molar-refractivity contribution is -0.128. The smallest absolute Gasteiger partial charge is 0.175 e. The second kappa shape index (κ2) is 6.36. The van der Waals surface area contributed by atoms with Crippen molar-refractivity contribution in [2.45, 2.75) is 20.8 Å². The maximum Gasteiger partial charge on any atom is 0.175 e. The number of ketones is 1. The van der Waals surface area contributed by atoms with Gasteiger partial charge in [-0.1, -0.05) is 20.8 Å². The van der Waals surface area contributed by atoms with Gasteiger partial charge in [0.2, 0.25) is 0 Å². The van der Waals surface area contributed by atoms with Crippen LogP contribution >= 0.6 is 67.8 Å². The average molecular weight is 570 g/mol. The van der Waals surface area contributed by atoms with Gasteiger partial charge in [0.25, 0.3) is 0 Å². The van der Waals surface area contributed by atoms with E-state index in [1.54, 1.807) is 0 Å². The molecule has 2 nitrogen and oxygen atoms in total. The Morgan fingerprint density at radius 2 is 1.65 bits per heavy atom. The molecule has 0 saturated carbocycles. The van der Waals surface area contributed by atoms with E-state index in [0.717, 1.165) is 12.9 Å². The van der Waals surface area contributed by atoms with E-state index < -0.39 is 0 Å². The Labute approximate surface area is 143 Å². The van der Waals surface area contributed by atoms with Crippen molar-refractivity contribution >= 4 is 73.6 Å². The summed E-state index contributed by atoms with van der Waals surface area (Å²) < 4.78 is 8.90. The molecule has 0 spiro atoms. The van der Waals surface area contributed by atoms with Crippen LogP contribution in [0.5, 0.6) is 5.75 Å². The summed E-state index contributed by atoms with van der Waals surface area (Å²) in [6.07, 6.45) is 0. The molecule has 1 rings (SSSR count). The summed E-state index contributed by atoms with van der Waals surface area (Å²) in [5.74, 6) is 0.923. The molecule has 0 heterocycles. The fourth-order valence-electron chi connectivity index (χ4n) is 1.02. The highest BCUT2D eigenvalue weighted by Gasteiger charge is 2.22. The molecule has 0 aliphatic rings. The number of carbonyl (C=O) groups excluding carboxylic acids is 1. The first-order valence-corrected chi connectivity index (χ1v) is 8.26. The van der Waals surface area contributed by atoms with Crippen molar-refractivity contribution in [1.82, 2.24) is 0 Å². The van der Waals surface area contributed by atoms with E-state index in [1.807, 2.05) is 32.9 Å². The number of hydrogen-bond donors (Lipinski definition) is 0. The van der Waals surface area contributed by atoms with Crippen LogP contribution in [0.2, 0.25) is 0 Å². The number of hydrogen-bond acceptors (Lipinski definition) is 2. The summed E-state index contributed by atoms with van der Waals surface area (Å²) in [6.45, 7) is 5.85. The molecule has 0 aromatic heterocycles. The summed E-state index contributed by atoms with van der Waals surface area (Å²) in [4.78, 5) is 11.8. The molecule has 0 unspecified atom stereocenters. The molecule has 0 aliphatic carbocycles. The third-order valence-corrected chi connectivity index (χ3v) is 4.37. The fourth-order valence-corrected chi connectivity index (χ4v) is 4.92. The topological polar surface area (TPSA) is 26.3 Å². The zero-order chi connectivity index (χ0) is 13.2. The number of benzene rings is 1. The average Bonchev–Trinajstić information content (AvgIpc) is 2.13. The summed E-state index contributed by atoms with van der Waals surface area (Å²) in [7, 11) is 0. The van der Waals surface area contributed by atoms with Crippen molar-refractivity contribution < 1.29 is 9.53 Å². The molecule has 1 aromatic rings. The van der Waals surface area contributed by atoms with Gasteiger partial charge in [0.15, 0.2) is 5.78 Å². The summed E-state index contributed by atoms with van der Waals surface area (Å²) in [6, 6.07) is 4.08. The highest BCUT2D eigenvalue weighted by Crippen LogP contribution is 2.30. The van der Waals surface area contributed by atoms with Gasteiger partial charge >= 0.3 is 0 Å². The van der Waals surface area contributed by atoms with Crippen LogP contribution in [0.15, 0.2) is 12.1 Å². The minimum absolute atomic E-state index is 0.114. The van der Waals surface area contributed by atoms with Crippen molar-refractivity contribution in [3.05, 3.63) is 22.8 Å². The molecule has 0 radical (unpaired) electrons. The molecule has 0 bridgehead atoms. The van der Waals surface area contributed by atoms with E-state index >= 15 is 0 Å². The van der Waals surface area contributed by atoms with Gasteiger partial charge in [0.1, 0.15) is 12.4 Å². The minimum Gasteiger partial charge on any atom is -0.484 e. The van der Waals surface area contributed by atoms with E-state index in [-0.39, 0.29) is 17.8 Å². The number of halogens is 3. The van der Waals surface area contributed by atoms with Crippen LogP contribution in [0.4, 0.5) is 0 Å². The standard InChI is InChI=1S/C12H13I3O2/c1-12(2,3)10(16)6-17-11-8(14)4-7(13)5-9(11)15/h4-5H,6H2,1-3H3. The fraction of sp³-hybridized carbons (Fsp3) is 0.417. The van der Waals surface area contributed by atoms with Crippen LogP contribution in [-0.4, -0.2) is 12.4 Å². The lowest BCUT2D eigenvalue weighted by Crippen LogP contribution is -2.26. The van der Waals surface area contributed by atoms with Crippen LogP contribution in [0, 0.1) is 16.1 Å². The third-order valence-electron chi connectivity index (χ3n) is 2.15. The Bertz CT molecular complexity index is 413. The zero-order valence-corrected chi connectivity index (χ0v) is 16.3. The Balaban J connectivity index is 2.80. The zero-order valence-electron chi connectivity index (χ0n) is 9.81. The third kappa shape index (κ3) is 4.81.